The van der Waals surface area contributed by atoms with Crippen LogP contribution in [0, 0.1) is 0 Å². The Kier molecular flexibility index (Phi) is 5.52. The SMILES string of the molecule is COC(=O)c1ccc(C(=O)OC)c(NC(=O)C(C)Cl)c1. The van der Waals surface area contributed by atoms with Gasteiger partial charge < -0.3 is 14.8 Å². The Morgan fingerprint density at radius 2 is 1.75 bits per heavy atom. The van der Waals surface area contributed by atoms with E-state index in [2.05, 4.69) is 14.8 Å². The largest absolute Gasteiger partial charge is 0.465 e. The van der Waals surface area contributed by atoms with Gasteiger partial charge >= 0.3 is 11.9 Å². The van der Waals surface area contributed by atoms with E-state index < -0.39 is 23.2 Å². The molecule has 1 aromatic carbocycles. The summed E-state index contributed by atoms with van der Waals surface area (Å²) in [6.45, 7) is 1.48. The van der Waals surface area contributed by atoms with Gasteiger partial charge in [-0.25, -0.2) is 9.59 Å². The van der Waals surface area contributed by atoms with Crippen LogP contribution in [0.2, 0.25) is 0 Å². The molecule has 7 heteroatoms. The van der Waals surface area contributed by atoms with Gasteiger partial charge in [-0.05, 0) is 25.1 Å². The van der Waals surface area contributed by atoms with Crippen LogP contribution in [0.1, 0.15) is 27.6 Å². The molecule has 1 unspecified atom stereocenters. The molecular formula is C13H14ClNO5. The zero-order valence-corrected chi connectivity index (χ0v) is 12.0. The molecule has 0 bridgehead atoms. The number of benzene rings is 1. The first kappa shape index (κ1) is 16.0. The van der Waals surface area contributed by atoms with Crippen molar-refractivity contribution in [3.63, 3.8) is 0 Å². The number of anilines is 1. The van der Waals surface area contributed by atoms with Gasteiger partial charge in [-0.15, -0.1) is 11.6 Å². The maximum absolute atomic E-state index is 11.6. The quantitative estimate of drug-likeness (QED) is 0.677. The fourth-order valence-electron chi connectivity index (χ4n) is 1.41. The highest BCUT2D eigenvalue weighted by Gasteiger charge is 2.18. The Balaban J connectivity index is 3.22. The number of rotatable bonds is 4. The van der Waals surface area contributed by atoms with E-state index in [1.807, 2.05) is 0 Å². The lowest BCUT2D eigenvalue weighted by Gasteiger charge is -2.12. The standard InChI is InChI=1S/C13H14ClNO5/c1-7(14)11(16)15-10-6-8(12(17)19-2)4-5-9(10)13(18)20-3/h4-7H,1-3H3,(H,15,16). The van der Waals surface area contributed by atoms with Crippen LogP contribution in [-0.2, 0) is 14.3 Å². The van der Waals surface area contributed by atoms with Crippen LogP contribution in [0.15, 0.2) is 18.2 Å². The van der Waals surface area contributed by atoms with Crippen molar-refractivity contribution >= 4 is 35.1 Å². The van der Waals surface area contributed by atoms with Crippen LogP contribution in [0.5, 0.6) is 0 Å². The number of carbonyl (C=O) groups excluding carboxylic acids is 3. The molecule has 6 nitrogen and oxygen atoms in total. The van der Waals surface area contributed by atoms with Crippen LogP contribution in [-0.4, -0.2) is 37.4 Å². The highest BCUT2D eigenvalue weighted by molar-refractivity contribution is 6.32. The Morgan fingerprint density at radius 1 is 1.15 bits per heavy atom. The number of alkyl halides is 1. The summed E-state index contributed by atoms with van der Waals surface area (Å²) in [4.78, 5) is 34.7. The van der Waals surface area contributed by atoms with Gasteiger partial charge in [0.15, 0.2) is 0 Å². The van der Waals surface area contributed by atoms with Crippen molar-refractivity contribution in [2.45, 2.75) is 12.3 Å². The van der Waals surface area contributed by atoms with Crippen molar-refractivity contribution in [1.29, 1.82) is 0 Å². The van der Waals surface area contributed by atoms with Crippen LogP contribution >= 0.6 is 11.6 Å². The van der Waals surface area contributed by atoms with Gasteiger partial charge in [0.1, 0.15) is 5.38 Å². The average molecular weight is 300 g/mol. The van der Waals surface area contributed by atoms with Crippen molar-refractivity contribution in [1.82, 2.24) is 0 Å². The fraction of sp³-hybridized carbons (Fsp3) is 0.308. The van der Waals surface area contributed by atoms with E-state index >= 15 is 0 Å². The summed E-state index contributed by atoms with van der Waals surface area (Å²) in [5.74, 6) is -1.73. The zero-order valence-electron chi connectivity index (χ0n) is 11.2. The number of nitrogens with one attached hydrogen (secondary N) is 1. The minimum atomic E-state index is -0.790. The molecule has 1 N–H and O–H groups in total. The predicted octanol–water partition coefficient (Wildman–Crippen LogP) is 1.83. The monoisotopic (exact) mass is 299 g/mol. The molecule has 1 aromatic rings. The molecule has 0 spiro atoms. The summed E-state index contributed by atoms with van der Waals surface area (Å²) < 4.78 is 9.18. The summed E-state index contributed by atoms with van der Waals surface area (Å²) in [5.41, 5.74) is 0.445. The number of hydrogen-bond acceptors (Lipinski definition) is 5. The van der Waals surface area contributed by atoms with Gasteiger partial charge in [-0.1, -0.05) is 0 Å². The van der Waals surface area contributed by atoms with Gasteiger partial charge in [-0.2, -0.15) is 0 Å². The van der Waals surface area contributed by atoms with E-state index in [0.717, 1.165) is 0 Å². The summed E-state index contributed by atoms with van der Waals surface area (Å²) in [6.07, 6.45) is 0. The van der Waals surface area contributed by atoms with Gasteiger partial charge in [0.25, 0.3) is 0 Å². The molecule has 0 aromatic heterocycles. The van der Waals surface area contributed by atoms with Crippen molar-refractivity contribution in [3.8, 4) is 0 Å². The zero-order chi connectivity index (χ0) is 15.3. The first-order valence-electron chi connectivity index (χ1n) is 5.66. The topological polar surface area (TPSA) is 81.7 Å². The van der Waals surface area contributed by atoms with Crippen LogP contribution in [0.25, 0.3) is 0 Å². The number of hydrogen-bond donors (Lipinski definition) is 1. The molecule has 108 valence electrons. The minimum Gasteiger partial charge on any atom is -0.465 e. The molecule has 0 fully saturated rings. The molecule has 0 saturated heterocycles. The third-order valence-corrected chi connectivity index (χ3v) is 2.66. The Hall–Kier alpha value is -2.08. The summed E-state index contributed by atoms with van der Waals surface area (Å²) >= 11 is 5.65. The van der Waals surface area contributed by atoms with Crippen molar-refractivity contribution in [2.24, 2.45) is 0 Å². The third kappa shape index (κ3) is 3.71. The van der Waals surface area contributed by atoms with Crippen molar-refractivity contribution in [2.75, 3.05) is 19.5 Å². The molecule has 0 saturated carbocycles. The number of ether oxygens (including phenoxy) is 2. The Labute approximate surface area is 121 Å². The smallest absolute Gasteiger partial charge is 0.339 e. The summed E-state index contributed by atoms with van der Waals surface area (Å²) in [7, 11) is 2.45. The van der Waals surface area contributed by atoms with E-state index in [1.165, 1.54) is 39.3 Å². The lowest BCUT2D eigenvalue weighted by atomic mass is 10.1. The van der Waals surface area contributed by atoms with Crippen LogP contribution in [0.3, 0.4) is 0 Å². The van der Waals surface area contributed by atoms with Gasteiger partial charge in [0.05, 0.1) is 31.0 Å². The molecule has 1 atom stereocenters. The molecule has 0 aliphatic rings. The molecule has 20 heavy (non-hydrogen) atoms. The van der Waals surface area contributed by atoms with E-state index in [-0.39, 0.29) is 16.8 Å². The fourth-order valence-corrected chi connectivity index (χ4v) is 1.47. The highest BCUT2D eigenvalue weighted by atomic mass is 35.5. The lowest BCUT2D eigenvalue weighted by Crippen LogP contribution is -2.22. The molecule has 1 amide bonds. The molecule has 0 heterocycles. The molecular weight excluding hydrogens is 286 g/mol. The molecule has 0 radical (unpaired) electrons. The van der Waals surface area contributed by atoms with Gasteiger partial charge in [-0.3, -0.25) is 4.79 Å². The van der Waals surface area contributed by atoms with Crippen LogP contribution < -0.4 is 5.32 Å². The third-order valence-electron chi connectivity index (χ3n) is 2.47. The van der Waals surface area contributed by atoms with E-state index in [4.69, 9.17) is 11.6 Å². The highest BCUT2D eigenvalue weighted by Crippen LogP contribution is 2.20. The number of esters is 2. The Morgan fingerprint density at radius 3 is 2.25 bits per heavy atom. The van der Waals surface area contributed by atoms with Gasteiger partial charge in [0, 0.05) is 0 Å². The van der Waals surface area contributed by atoms with Crippen molar-refractivity contribution < 1.29 is 23.9 Å². The molecule has 1 rings (SSSR count). The number of carbonyl (C=O) groups is 3. The maximum atomic E-state index is 11.6. The second-order valence-corrected chi connectivity index (χ2v) is 4.50. The molecule has 0 aliphatic heterocycles. The van der Waals surface area contributed by atoms with E-state index in [9.17, 15) is 14.4 Å². The van der Waals surface area contributed by atoms with Gasteiger partial charge in [0.2, 0.25) is 5.91 Å². The number of halogens is 1. The van der Waals surface area contributed by atoms with Crippen LogP contribution in [0.4, 0.5) is 5.69 Å². The second-order valence-electron chi connectivity index (χ2n) is 3.85. The summed E-state index contributed by atoms with van der Waals surface area (Å²) in [5, 5.41) is 1.68. The second kappa shape index (κ2) is 6.91. The normalized spacial score (nSPS) is 11.4. The first-order valence-corrected chi connectivity index (χ1v) is 6.10. The maximum Gasteiger partial charge on any atom is 0.339 e. The molecule has 0 aliphatic carbocycles. The minimum absolute atomic E-state index is 0.116. The van der Waals surface area contributed by atoms with Crippen molar-refractivity contribution in [3.05, 3.63) is 29.3 Å². The van der Waals surface area contributed by atoms with E-state index in [0.29, 0.717) is 0 Å². The van der Waals surface area contributed by atoms with E-state index in [1.54, 1.807) is 0 Å². The number of methoxy groups -OCH3 is 2. The Bertz CT molecular complexity index is 542. The first-order chi connectivity index (χ1) is 9.40. The lowest BCUT2D eigenvalue weighted by molar-refractivity contribution is -0.115. The summed E-state index contributed by atoms with van der Waals surface area (Å²) in [6, 6.07) is 4.10. The number of amides is 1. The predicted molar refractivity (Wildman–Crippen MR) is 73.1 cm³/mol. The average Bonchev–Trinajstić information content (AvgIpc) is 2.45.